The Hall–Kier alpha value is -1.19. The summed E-state index contributed by atoms with van der Waals surface area (Å²) in [5.41, 5.74) is -0.313. The van der Waals surface area contributed by atoms with Gasteiger partial charge in [0.05, 0.1) is 0 Å². The van der Waals surface area contributed by atoms with Crippen molar-refractivity contribution in [3.05, 3.63) is 0 Å². The number of carboxylic acid groups (broad SMARTS) is 1. The third kappa shape index (κ3) is 2.81. The predicted molar refractivity (Wildman–Crippen MR) is 104 cm³/mol. The number of carbonyl (C=O) groups excluding carboxylic acids is 3. The first-order valence-electron chi connectivity index (χ1n) is 11.5. The fourth-order valence-electron chi connectivity index (χ4n) is 8.17. The van der Waals surface area contributed by atoms with Crippen LogP contribution in [0.4, 0.5) is 0 Å². The van der Waals surface area contributed by atoms with Crippen molar-refractivity contribution in [3.63, 3.8) is 0 Å². The monoisotopic (exact) mass is 387 g/mol. The molecule has 4 heteroatoms. The maximum Gasteiger partial charge on any atom is 0.139 e. The smallest absolute Gasteiger partial charge is 0.139 e. The molecular formula is C24H35O4-. The lowest BCUT2D eigenvalue weighted by molar-refractivity contribution is -0.306. The molecule has 0 bridgehead atoms. The minimum absolute atomic E-state index is 0.0420. The number of carboxylic acids is 1. The molecule has 4 aliphatic carbocycles. The van der Waals surface area contributed by atoms with Gasteiger partial charge in [-0.25, -0.2) is 0 Å². The molecule has 0 N–H and O–H groups in total. The SMILES string of the molecule is C[C@@H](CCC(=O)[O-])[C@H]1CC[C@@H]2[C@H]3C(=O)C[C@@H]4CCCC[C@]4(C)[C@H]3CC(=O)[C@@]21C. The van der Waals surface area contributed by atoms with Crippen LogP contribution in [0.2, 0.25) is 0 Å². The molecular weight excluding hydrogens is 352 g/mol. The highest BCUT2D eigenvalue weighted by molar-refractivity contribution is 5.92. The molecule has 0 amide bonds. The van der Waals surface area contributed by atoms with E-state index in [4.69, 9.17) is 0 Å². The van der Waals surface area contributed by atoms with Crippen molar-refractivity contribution >= 4 is 17.5 Å². The zero-order chi connectivity index (χ0) is 20.3. The molecule has 4 saturated carbocycles. The van der Waals surface area contributed by atoms with Crippen molar-refractivity contribution in [2.45, 2.75) is 85.0 Å². The second-order valence-electron chi connectivity index (χ2n) is 10.8. The summed E-state index contributed by atoms with van der Waals surface area (Å²) in [6.07, 6.45) is 8.51. The van der Waals surface area contributed by atoms with Crippen molar-refractivity contribution in [3.8, 4) is 0 Å². The summed E-state index contributed by atoms with van der Waals surface area (Å²) in [6, 6.07) is 0. The molecule has 4 nitrogen and oxygen atoms in total. The molecule has 156 valence electrons. The van der Waals surface area contributed by atoms with E-state index in [1.807, 2.05) is 0 Å². The summed E-state index contributed by atoms with van der Waals surface area (Å²) in [6.45, 7) is 6.56. The molecule has 0 aromatic heterocycles. The van der Waals surface area contributed by atoms with Crippen LogP contribution in [0, 0.1) is 46.3 Å². The number of aliphatic carboxylic acids is 1. The molecule has 4 fully saturated rings. The molecule has 0 saturated heterocycles. The van der Waals surface area contributed by atoms with Gasteiger partial charge in [-0.3, -0.25) is 9.59 Å². The van der Waals surface area contributed by atoms with Crippen molar-refractivity contribution in [2.75, 3.05) is 0 Å². The average Bonchev–Trinajstić information content (AvgIpc) is 3.00. The lowest BCUT2D eigenvalue weighted by Crippen LogP contribution is -2.59. The van der Waals surface area contributed by atoms with Crippen molar-refractivity contribution < 1.29 is 19.5 Å². The molecule has 0 radical (unpaired) electrons. The van der Waals surface area contributed by atoms with Gasteiger partial charge in [-0.05, 0) is 73.5 Å². The Kier molecular flexibility index (Phi) is 4.99. The van der Waals surface area contributed by atoms with Crippen LogP contribution in [-0.4, -0.2) is 17.5 Å². The molecule has 4 rings (SSSR count). The summed E-state index contributed by atoms with van der Waals surface area (Å²) in [5, 5.41) is 10.9. The molecule has 28 heavy (non-hydrogen) atoms. The fourth-order valence-corrected chi connectivity index (χ4v) is 8.17. The van der Waals surface area contributed by atoms with E-state index in [0.29, 0.717) is 36.7 Å². The highest BCUT2D eigenvalue weighted by Crippen LogP contribution is 2.66. The van der Waals surface area contributed by atoms with E-state index in [1.165, 1.54) is 12.8 Å². The van der Waals surface area contributed by atoms with E-state index in [2.05, 4.69) is 20.8 Å². The first-order valence-corrected chi connectivity index (χ1v) is 11.5. The number of fused-ring (bicyclic) bond motifs is 5. The van der Waals surface area contributed by atoms with E-state index in [0.717, 1.165) is 25.7 Å². The Balaban J connectivity index is 1.63. The molecule has 8 atom stereocenters. The Morgan fingerprint density at radius 3 is 2.57 bits per heavy atom. The standard InChI is InChI=1S/C24H36O4/c1-14(7-10-21(27)28)16-8-9-17-22-18(13-20(26)24(16,17)3)23(2)11-5-4-6-15(23)12-19(22)25/h14-18,22H,4-13H2,1-3H3,(H,27,28)/p-1/t14-,15-,16+,17+,18-,22+,23-,24+/m0/s1. The largest absolute Gasteiger partial charge is 0.550 e. The minimum atomic E-state index is -1.01. The first-order chi connectivity index (χ1) is 13.2. The summed E-state index contributed by atoms with van der Waals surface area (Å²) in [4.78, 5) is 37.8. The quantitative estimate of drug-likeness (QED) is 0.739. The molecule has 0 heterocycles. The number of carbonyl (C=O) groups is 3. The van der Waals surface area contributed by atoms with E-state index < -0.39 is 11.4 Å². The summed E-state index contributed by atoms with van der Waals surface area (Å²) < 4.78 is 0. The topological polar surface area (TPSA) is 74.3 Å². The van der Waals surface area contributed by atoms with E-state index in [1.54, 1.807) is 0 Å². The third-order valence-electron chi connectivity index (χ3n) is 9.81. The van der Waals surface area contributed by atoms with Crippen molar-refractivity contribution in [1.29, 1.82) is 0 Å². The molecule has 0 spiro atoms. The van der Waals surface area contributed by atoms with Gasteiger partial charge < -0.3 is 9.90 Å². The van der Waals surface area contributed by atoms with E-state index >= 15 is 0 Å². The van der Waals surface area contributed by atoms with Gasteiger partial charge in [-0.2, -0.15) is 0 Å². The third-order valence-corrected chi connectivity index (χ3v) is 9.81. The Morgan fingerprint density at radius 2 is 1.86 bits per heavy atom. The zero-order valence-electron chi connectivity index (χ0n) is 17.7. The zero-order valence-corrected chi connectivity index (χ0v) is 17.7. The van der Waals surface area contributed by atoms with Crippen LogP contribution in [0.1, 0.15) is 85.0 Å². The van der Waals surface area contributed by atoms with Gasteiger partial charge in [-0.1, -0.05) is 33.6 Å². The Labute approximate surface area is 168 Å². The normalized spacial score (nSPS) is 46.5. The van der Waals surface area contributed by atoms with Crippen molar-refractivity contribution in [2.24, 2.45) is 46.3 Å². The van der Waals surface area contributed by atoms with Crippen LogP contribution in [0.25, 0.3) is 0 Å². The Morgan fingerprint density at radius 1 is 1.11 bits per heavy atom. The van der Waals surface area contributed by atoms with Gasteiger partial charge in [0.25, 0.3) is 0 Å². The number of Topliss-reactive ketones (excluding diaryl/α,β-unsaturated/α-hetero) is 2. The van der Waals surface area contributed by atoms with Crippen LogP contribution in [-0.2, 0) is 14.4 Å². The lowest BCUT2D eigenvalue weighted by Gasteiger charge is -2.59. The maximum absolute atomic E-state index is 13.6. The first kappa shape index (κ1) is 20.1. The molecule has 0 aromatic carbocycles. The molecule has 0 aliphatic heterocycles. The van der Waals surface area contributed by atoms with Crippen LogP contribution in [0.3, 0.4) is 0 Å². The fraction of sp³-hybridized carbons (Fsp3) is 0.875. The second kappa shape index (κ2) is 6.95. The highest BCUT2D eigenvalue weighted by atomic mass is 16.4. The van der Waals surface area contributed by atoms with Gasteiger partial charge in [0.1, 0.15) is 11.6 Å². The van der Waals surface area contributed by atoms with Crippen LogP contribution < -0.4 is 5.11 Å². The van der Waals surface area contributed by atoms with Gasteiger partial charge in [0.15, 0.2) is 0 Å². The van der Waals surface area contributed by atoms with Crippen LogP contribution in [0.5, 0.6) is 0 Å². The second-order valence-corrected chi connectivity index (χ2v) is 10.8. The average molecular weight is 388 g/mol. The van der Waals surface area contributed by atoms with Gasteiger partial charge in [0, 0.05) is 30.1 Å². The highest BCUT2D eigenvalue weighted by Gasteiger charge is 2.65. The number of hydrogen-bond donors (Lipinski definition) is 0. The lowest BCUT2D eigenvalue weighted by atomic mass is 9.44. The van der Waals surface area contributed by atoms with Gasteiger partial charge in [0.2, 0.25) is 0 Å². The minimum Gasteiger partial charge on any atom is -0.550 e. The summed E-state index contributed by atoms with van der Waals surface area (Å²) >= 11 is 0. The number of ketones is 2. The molecule has 0 aromatic rings. The summed E-state index contributed by atoms with van der Waals surface area (Å²) in [7, 11) is 0. The maximum atomic E-state index is 13.6. The van der Waals surface area contributed by atoms with Gasteiger partial charge >= 0.3 is 0 Å². The predicted octanol–water partition coefficient (Wildman–Crippen LogP) is 3.56. The van der Waals surface area contributed by atoms with Crippen LogP contribution >= 0.6 is 0 Å². The van der Waals surface area contributed by atoms with E-state index in [9.17, 15) is 19.5 Å². The number of rotatable bonds is 4. The van der Waals surface area contributed by atoms with Gasteiger partial charge in [-0.15, -0.1) is 0 Å². The molecule has 0 unspecified atom stereocenters. The van der Waals surface area contributed by atoms with E-state index in [-0.39, 0.29) is 41.4 Å². The van der Waals surface area contributed by atoms with Crippen molar-refractivity contribution in [1.82, 2.24) is 0 Å². The number of hydrogen-bond acceptors (Lipinski definition) is 4. The summed E-state index contributed by atoms with van der Waals surface area (Å²) in [5.74, 6) is 0.998. The Bertz CT molecular complexity index is 684. The molecule has 4 aliphatic rings. The van der Waals surface area contributed by atoms with Crippen LogP contribution in [0.15, 0.2) is 0 Å².